The number of carbonyl (C=O) groups excluding carboxylic acids is 4. The molecule has 2 aromatic carbocycles. The number of hydrogen-bond acceptors (Lipinski definition) is 7. The number of nitrogens with one attached hydrogen (secondary N) is 1. The number of carboxylic acid groups (broad SMARTS) is 1. The number of carboxylic acids is 1. The Morgan fingerprint density at radius 3 is 1.96 bits per heavy atom. The van der Waals surface area contributed by atoms with Crippen molar-refractivity contribution in [2.24, 2.45) is 11.8 Å². The summed E-state index contributed by atoms with van der Waals surface area (Å²) >= 11 is 0. The van der Waals surface area contributed by atoms with Crippen molar-refractivity contribution in [1.29, 1.82) is 0 Å². The first kappa shape index (κ1) is 37.6. The summed E-state index contributed by atoms with van der Waals surface area (Å²) < 4.78 is 5.40. The molecule has 1 aliphatic carbocycles. The Kier molecular flexibility index (Phi) is 12.2. The lowest BCUT2D eigenvalue weighted by Crippen LogP contribution is -2.67. The minimum atomic E-state index is -2.33. The zero-order valence-corrected chi connectivity index (χ0v) is 29.3. The Bertz CT molecular complexity index is 1430. The number of aliphatic hydroxyl groups is 1. The molecule has 2 aromatic rings. The second-order valence-electron chi connectivity index (χ2n) is 14.4. The number of likely N-dealkylation sites (tertiary alicyclic amines) is 1. The van der Waals surface area contributed by atoms with E-state index in [1.807, 2.05) is 60.7 Å². The standard InChI is InChI=1S/C38H51N3O8/c1-25(40(5)36(47)49-37(2,3)4)33(43)39-38(48,28-20-13-8-14-21-28)35(46)41-23-15-22-30(41)31(42)24-29(34(44)45)32(26-16-9-6-10-17-26)27-18-11-7-12-19-27/h6-7,9-12,16-19,25,28-30,32,48H,8,13-15,20-24H2,1-5H3,(H,39,43)(H,44,45)/t25-,29-,30-,38-/m0/s1. The molecule has 11 heteroatoms. The molecule has 0 radical (unpaired) electrons. The highest BCUT2D eigenvalue weighted by Crippen LogP contribution is 2.38. The van der Waals surface area contributed by atoms with Gasteiger partial charge in [0, 0.05) is 31.8 Å². The van der Waals surface area contributed by atoms with Crippen LogP contribution in [0.5, 0.6) is 0 Å². The van der Waals surface area contributed by atoms with Gasteiger partial charge in [0.15, 0.2) is 5.78 Å². The normalized spacial score (nSPS) is 19.4. The van der Waals surface area contributed by atoms with Crippen molar-refractivity contribution in [2.45, 2.75) is 108 Å². The Morgan fingerprint density at radius 1 is 0.898 bits per heavy atom. The first-order valence-corrected chi connectivity index (χ1v) is 17.3. The molecule has 0 unspecified atom stereocenters. The monoisotopic (exact) mass is 677 g/mol. The van der Waals surface area contributed by atoms with E-state index < -0.39 is 70.8 Å². The molecule has 266 valence electrons. The number of benzene rings is 2. The molecule has 4 atom stereocenters. The van der Waals surface area contributed by atoms with Gasteiger partial charge in [0.05, 0.1) is 12.0 Å². The van der Waals surface area contributed by atoms with Gasteiger partial charge in [0.2, 0.25) is 11.6 Å². The van der Waals surface area contributed by atoms with Crippen LogP contribution in [0.2, 0.25) is 0 Å². The van der Waals surface area contributed by atoms with Crippen molar-refractivity contribution >= 4 is 29.7 Å². The molecule has 11 nitrogen and oxygen atoms in total. The van der Waals surface area contributed by atoms with Gasteiger partial charge in [-0.1, -0.05) is 79.9 Å². The van der Waals surface area contributed by atoms with E-state index in [2.05, 4.69) is 5.32 Å². The van der Waals surface area contributed by atoms with Gasteiger partial charge >= 0.3 is 12.1 Å². The van der Waals surface area contributed by atoms with Gasteiger partial charge in [-0.05, 0) is 64.5 Å². The van der Waals surface area contributed by atoms with Crippen LogP contribution >= 0.6 is 0 Å². The van der Waals surface area contributed by atoms with Crippen LogP contribution in [0, 0.1) is 11.8 Å². The lowest BCUT2D eigenvalue weighted by molar-refractivity contribution is -0.171. The van der Waals surface area contributed by atoms with Gasteiger partial charge in [0.1, 0.15) is 11.6 Å². The van der Waals surface area contributed by atoms with E-state index in [0.717, 1.165) is 35.3 Å². The van der Waals surface area contributed by atoms with Crippen LogP contribution in [0.25, 0.3) is 0 Å². The second kappa shape index (κ2) is 16.0. The molecule has 0 aromatic heterocycles. The molecular weight excluding hydrogens is 626 g/mol. The number of carbonyl (C=O) groups is 5. The second-order valence-corrected chi connectivity index (χ2v) is 14.4. The van der Waals surface area contributed by atoms with E-state index in [9.17, 15) is 34.2 Å². The number of ketones is 1. The maximum Gasteiger partial charge on any atom is 0.410 e. The minimum Gasteiger partial charge on any atom is -0.481 e. The van der Waals surface area contributed by atoms with Crippen LogP contribution in [-0.2, 0) is 23.9 Å². The van der Waals surface area contributed by atoms with Crippen LogP contribution in [0.15, 0.2) is 60.7 Å². The Labute approximate surface area is 289 Å². The number of hydrogen-bond donors (Lipinski definition) is 3. The summed E-state index contributed by atoms with van der Waals surface area (Å²) in [7, 11) is 1.41. The van der Waals surface area contributed by atoms with Crippen molar-refractivity contribution in [3.63, 3.8) is 0 Å². The van der Waals surface area contributed by atoms with Gasteiger partial charge in [-0.2, -0.15) is 0 Å². The van der Waals surface area contributed by atoms with Gasteiger partial charge in [-0.3, -0.25) is 24.1 Å². The fourth-order valence-electron chi connectivity index (χ4n) is 7.05. The van der Waals surface area contributed by atoms with E-state index in [-0.39, 0.29) is 13.0 Å². The van der Waals surface area contributed by atoms with Gasteiger partial charge in [0.25, 0.3) is 5.91 Å². The SMILES string of the molecule is C[C@@H](C(=O)N[C@@](O)(C(=O)N1CCC[C@H]1C(=O)C[C@H](C(=O)O)C(c1ccccc1)c1ccccc1)C1CCCCC1)N(C)C(=O)OC(C)(C)C. The van der Waals surface area contributed by atoms with Crippen molar-refractivity contribution in [1.82, 2.24) is 15.1 Å². The molecular formula is C38H51N3O8. The van der Waals surface area contributed by atoms with Crippen LogP contribution < -0.4 is 5.32 Å². The van der Waals surface area contributed by atoms with Crippen molar-refractivity contribution in [3.05, 3.63) is 71.8 Å². The molecule has 0 bridgehead atoms. The van der Waals surface area contributed by atoms with Gasteiger partial charge in [-0.25, -0.2) is 4.79 Å². The number of likely N-dealkylation sites (N-methyl/N-ethyl adjacent to an activating group) is 1. The van der Waals surface area contributed by atoms with Crippen LogP contribution in [0.4, 0.5) is 4.79 Å². The fraction of sp³-hybridized carbons (Fsp3) is 0.553. The third-order valence-corrected chi connectivity index (χ3v) is 9.82. The molecule has 2 fully saturated rings. The maximum atomic E-state index is 14.4. The lowest BCUT2D eigenvalue weighted by Gasteiger charge is -2.42. The van der Waals surface area contributed by atoms with Gasteiger partial charge in [-0.15, -0.1) is 0 Å². The van der Waals surface area contributed by atoms with E-state index in [4.69, 9.17) is 4.74 Å². The Balaban J connectivity index is 1.59. The smallest absolute Gasteiger partial charge is 0.410 e. The quantitative estimate of drug-likeness (QED) is 0.262. The highest BCUT2D eigenvalue weighted by Gasteiger charge is 2.51. The van der Waals surface area contributed by atoms with Crippen molar-refractivity contribution in [3.8, 4) is 0 Å². The summed E-state index contributed by atoms with van der Waals surface area (Å²) in [6.45, 7) is 6.78. The van der Waals surface area contributed by atoms with Crippen LogP contribution in [-0.4, -0.2) is 86.7 Å². The number of Topliss-reactive ketones (excluding diaryl/α,β-unsaturated/α-hetero) is 1. The molecule has 1 heterocycles. The van der Waals surface area contributed by atoms with E-state index in [1.54, 1.807) is 20.8 Å². The highest BCUT2D eigenvalue weighted by molar-refractivity contribution is 5.97. The number of aliphatic carboxylic acids is 1. The number of ether oxygens (including phenoxy) is 1. The van der Waals surface area contributed by atoms with Crippen molar-refractivity contribution < 1.29 is 38.9 Å². The summed E-state index contributed by atoms with van der Waals surface area (Å²) in [6.07, 6.45) is 3.15. The predicted octanol–water partition coefficient (Wildman–Crippen LogP) is 5.11. The molecule has 49 heavy (non-hydrogen) atoms. The molecule has 1 saturated carbocycles. The third kappa shape index (κ3) is 9.06. The average Bonchev–Trinajstić information content (AvgIpc) is 3.57. The third-order valence-electron chi connectivity index (χ3n) is 9.82. The molecule has 1 aliphatic heterocycles. The minimum absolute atomic E-state index is 0.173. The average molecular weight is 678 g/mol. The Hall–Kier alpha value is -4.25. The topological polar surface area (TPSA) is 154 Å². The van der Waals surface area contributed by atoms with E-state index in [0.29, 0.717) is 25.7 Å². The molecule has 2 aliphatic rings. The molecule has 3 N–H and O–H groups in total. The van der Waals surface area contributed by atoms with Crippen molar-refractivity contribution in [2.75, 3.05) is 13.6 Å². The first-order chi connectivity index (χ1) is 23.1. The zero-order chi connectivity index (χ0) is 35.9. The van der Waals surface area contributed by atoms with E-state index in [1.165, 1.54) is 18.9 Å². The highest BCUT2D eigenvalue weighted by atomic mass is 16.6. The largest absolute Gasteiger partial charge is 0.481 e. The summed E-state index contributed by atoms with van der Waals surface area (Å²) in [5.41, 5.74) is -1.60. The maximum absolute atomic E-state index is 14.4. The van der Waals surface area contributed by atoms with Crippen LogP contribution in [0.1, 0.15) is 96.1 Å². The lowest BCUT2D eigenvalue weighted by atomic mass is 9.77. The zero-order valence-electron chi connectivity index (χ0n) is 29.3. The molecule has 1 saturated heterocycles. The fourth-order valence-corrected chi connectivity index (χ4v) is 7.05. The summed E-state index contributed by atoms with van der Waals surface area (Å²) in [5.74, 6) is -5.41. The summed E-state index contributed by atoms with van der Waals surface area (Å²) in [6, 6.07) is 16.3. The van der Waals surface area contributed by atoms with Gasteiger partial charge < -0.3 is 25.2 Å². The molecule has 0 spiro atoms. The predicted molar refractivity (Wildman–Crippen MR) is 183 cm³/mol. The number of nitrogens with zero attached hydrogens (tertiary/aromatic N) is 2. The first-order valence-electron chi connectivity index (χ1n) is 17.3. The molecule has 3 amide bonds. The molecule has 4 rings (SSSR count). The Morgan fingerprint density at radius 2 is 1.45 bits per heavy atom. The van der Waals surface area contributed by atoms with E-state index >= 15 is 0 Å². The van der Waals surface area contributed by atoms with Crippen LogP contribution in [0.3, 0.4) is 0 Å². The summed E-state index contributed by atoms with van der Waals surface area (Å²) in [4.78, 5) is 70.0. The number of amides is 3. The number of rotatable bonds is 12. The summed E-state index contributed by atoms with van der Waals surface area (Å²) in [5, 5.41) is 25.2.